The maximum atomic E-state index is 13.3. The lowest BCUT2D eigenvalue weighted by Gasteiger charge is -2.25. The van der Waals surface area contributed by atoms with E-state index in [0.29, 0.717) is 34.3 Å². The molecule has 0 spiro atoms. The van der Waals surface area contributed by atoms with E-state index in [1.807, 2.05) is 0 Å². The molecule has 3 aromatic rings. The molecule has 1 aromatic heterocycles. The van der Waals surface area contributed by atoms with Crippen molar-refractivity contribution in [3.05, 3.63) is 64.9 Å². The number of carbonyl (C=O) groups excluding carboxylic acids is 2. The van der Waals surface area contributed by atoms with Crippen LogP contribution >= 0.6 is 0 Å². The average Bonchev–Trinajstić information content (AvgIpc) is 3.42. The second-order valence-electron chi connectivity index (χ2n) is 7.64. The molecule has 0 unspecified atom stereocenters. The molecule has 1 amide bonds. The molecule has 0 bridgehead atoms. The molecule has 0 aliphatic carbocycles. The van der Waals surface area contributed by atoms with Gasteiger partial charge in [0.1, 0.15) is 29.1 Å². The summed E-state index contributed by atoms with van der Waals surface area (Å²) in [5.41, 5.74) is 0.506. The number of aliphatic hydroxyl groups is 1. The Morgan fingerprint density at radius 1 is 0.914 bits per heavy atom. The van der Waals surface area contributed by atoms with E-state index in [1.165, 1.54) is 45.5 Å². The Morgan fingerprint density at radius 2 is 1.60 bits per heavy atom. The fourth-order valence-corrected chi connectivity index (χ4v) is 4.02. The number of carbonyl (C=O) groups is 2. The second kappa shape index (κ2) is 9.41. The number of amides is 1. The van der Waals surface area contributed by atoms with E-state index in [1.54, 1.807) is 37.3 Å². The minimum atomic E-state index is -1.09. The Bertz CT molecular complexity index is 1330. The molecule has 1 atom stereocenters. The van der Waals surface area contributed by atoms with Crippen molar-refractivity contribution in [3.63, 3.8) is 0 Å². The van der Waals surface area contributed by atoms with Gasteiger partial charge in [-0.1, -0.05) is 5.16 Å². The zero-order valence-corrected chi connectivity index (χ0v) is 19.8. The van der Waals surface area contributed by atoms with Crippen LogP contribution in [0.25, 0.3) is 5.76 Å². The summed E-state index contributed by atoms with van der Waals surface area (Å²) in [6.07, 6.45) is 0. The quantitative estimate of drug-likeness (QED) is 0.307. The zero-order chi connectivity index (χ0) is 25.3. The van der Waals surface area contributed by atoms with Crippen molar-refractivity contribution in [1.82, 2.24) is 5.16 Å². The predicted molar refractivity (Wildman–Crippen MR) is 125 cm³/mol. The van der Waals surface area contributed by atoms with Crippen LogP contribution in [0.5, 0.6) is 23.0 Å². The minimum Gasteiger partial charge on any atom is -0.507 e. The number of nitrogens with zero attached hydrogens (tertiary/aromatic N) is 2. The van der Waals surface area contributed by atoms with Crippen molar-refractivity contribution in [3.8, 4) is 23.0 Å². The van der Waals surface area contributed by atoms with Gasteiger partial charge in [0, 0.05) is 17.2 Å². The number of aromatic nitrogens is 1. The van der Waals surface area contributed by atoms with Gasteiger partial charge < -0.3 is 28.6 Å². The van der Waals surface area contributed by atoms with Crippen molar-refractivity contribution in [2.75, 3.05) is 33.3 Å². The number of hydrogen-bond acceptors (Lipinski definition) is 9. The molecule has 0 saturated carbocycles. The number of anilines is 1. The fraction of sp³-hybridized carbons (Fsp3) is 0.240. The molecular weight excluding hydrogens is 456 g/mol. The molecule has 2 aromatic carbocycles. The summed E-state index contributed by atoms with van der Waals surface area (Å²) >= 11 is 0. The Kier molecular flexibility index (Phi) is 6.37. The van der Waals surface area contributed by atoms with Gasteiger partial charge in [-0.15, -0.1) is 0 Å². The molecular formula is C25H24N2O8. The van der Waals surface area contributed by atoms with Crippen molar-refractivity contribution in [1.29, 1.82) is 0 Å². The number of Topliss-reactive ketones (excluding diaryl/α,β-unsaturated/α-hetero) is 1. The van der Waals surface area contributed by atoms with Crippen LogP contribution in [0.3, 0.4) is 0 Å². The minimum absolute atomic E-state index is 0.117. The normalized spacial score (nSPS) is 16.9. The third kappa shape index (κ3) is 4.03. The number of ether oxygens (including phenoxy) is 4. The first-order chi connectivity index (χ1) is 16.8. The summed E-state index contributed by atoms with van der Waals surface area (Å²) in [5, 5.41) is 15.3. The molecule has 10 nitrogen and oxygen atoms in total. The molecule has 2 heterocycles. The van der Waals surface area contributed by atoms with E-state index in [9.17, 15) is 14.7 Å². The molecule has 1 fully saturated rings. The van der Waals surface area contributed by atoms with Crippen LogP contribution in [-0.2, 0) is 9.59 Å². The Balaban J connectivity index is 2.00. The van der Waals surface area contributed by atoms with E-state index >= 15 is 0 Å². The third-order valence-electron chi connectivity index (χ3n) is 5.70. The van der Waals surface area contributed by atoms with E-state index in [4.69, 9.17) is 23.5 Å². The molecule has 182 valence electrons. The largest absolute Gasteiger partial charge is 0.507 e. The average molecular weight is 480 g/mol. The second-order valence-corrected chi connectivity index (χ2v) is 7.64. The molecule has 4 rings (SSSR count). The molecule has 10 heteroatoms. The highest BCUT2D eigenvalue weighted by atomic mass is 16.5. The first kappa shape index (κ1) is 23.7. The highest BCUT2D eigenvalue weighted by molar-refractivity contribution is 6.51. The number of hydrogen-bond donors (Lipinski definition) is 1. The highest BCUT2D eigenvalue weighted by Gasteiger charge is 2.49. The summed E-state index contributed by atoms with van der Waals surface area (Å²) in [6.45, 7) is 1.66. The standard InChI is InChI=1S/C25H24N2O8/c1-13-10-20(26-35-13)27-22(16-12-15(31-2)7-9-17(16)32-3)21(24(29)25(27)30)23(28)14-6-8-18(33-4)19(11-14)34-5/h6-12,22,28H,1-5H3/b23-21+/t22-/m1/s1. The van der Waals surface area contributed by atoms with Gasteiger partial charge in [-0.25, -0.2) is 0 Å². The number of aryl methyl sites for hydroxylation is 1. The molecule has 1 aliphatic rings. The topological polar surface area (TPSA) is 121 Å². The number of rotatable bonds is 7. The van der Waals surface area contributed by atoms with E-state index in [0.717, 1.165) is 0 Å². The van der Waals surface area contributed by atoms with Gasteiger partial charge in [-0.2, -0.15) is 0 Å². The SMILES string of the molecule is COc1ccc(OC)c([C@@H]2/C(=C(\O)c3ccc(OC)c(OC)c3)C(=O)C(=O)N2c2cc(C)on2)c1. The van der Waals surface area contributed by atoms with Crippen LogP contribution in [0.4, 0.5) is 5.82 Å². The predicted octanol–water partition coefficient (Wildman–Crippen LogP) is 3.64. The number of aliphatic hydroxyl groups excluding tert-OH is 1. The van der Waals surface area contributed by atoms with Crippen LogP contribution in [0.2, 0.25) is 0 Å². The number of benzene rings is 2. The van der Waals surface area contributed by atoms with Crippen LogP contribution in [0.15, 0.2) is 52.6 Å². The summed E-state index contributed by atoms with van der Waals surface area (Å²) in [5.74, 6) is 0.00542. The van der Waals surface area contributed by atoms with Gasteiger partial charge in [0.25, 0.3) is 5.78 Å². The zero-order valence-electron chi connectivity index (χ0n) is 19.8. The fourth-order valence-electron chi connectivity index (χ4n) is 4.02. The first-order valence-corrected chi connectivity index (χ1v) is 10.5. The summed E-state index contributed by atoms with van der Waals surface area (Å²) in [4.78, 5) is 27.8. The lowest BCUT2D eigenvalue weighted by atomic mass is 9.94. The Hall–Kier alpha value is -4.47. The summed E-state index contributed by atoms with van der Waals surface area (Å²) < 4.78 is 26.6. The molecule has 1 saturated heterocycles. The number of ketones is 1. The van der Waals surface area contributed by atoms with Gasteiger partial charge in [0.05, 0.1) is 34.0 Å². The maximum absolute atomic E-state index is 13.3. The highest BCUT2D eigenvalue weighted by Crippen LogP contribution is 2.46. The maximum Gasteiger partial charge on any atom is 0.301 e. The van der Waals surface area contributed by atoms with Crippen LogP contribution < -0.4 is 23.8 Å². The smallest absolute Gasteiger partial charge is 0.301 e. The molecule has 1 N–H and O–H groups in total. The van der Waals surface area contributed by atoms with E-state index in [-0.39, 0.29) is 17.0 Å². The molecule has 1 aliphatic heterocycles. The van der Waals surface area contributed by atoms with Crippen LogP contribution in [-0.4, -0.2) is 50.4 Å². The lowest BCUT2D eigenvalue weighted by Crippen LogP contribution is -2.30. The molecule has 0 radical (unpaired) electrons. The van der Waals surface area contributed by atoms with Crippen molar-refractivity contribution >= 4 is 23.3 Å². The van der Waals surface area contributed by atoms with Gasteiger partial charge in [0.15, 0.2) is 17.3 Å². The van der Waals surface area contributed by atoms with Gasteiger partial charge in [0.2, 0.25) is 0 Å². The van der Waals surface area contributed by atoms with Crippen molar-refractivity contribution < 1.29 is 38.2 Å². The summed E-state index contributed by atoms with van der Waals surface area (Å²) in [7, 11) is 5.89. The first-order valence-electron chi connectivity index (χ1n) is 10.5. The van der Waals surface area contributed by atoms with Crippen molar-refractivity contribution in [2.24, 2.45) is 0 Å². The van der Waals surface area contributed by atoms with Crippen LogP contribution in [0, 0.1) is 6.92 Å². The van der Waals surface area contributed by atoms with E-state index < -0.39 is 23.5 Å². The lowest BCUT2D eigenvalue weighted by molar-refractivity contribution is -0.132. The summed E-state index contributed by atoms with van der Waals surface area (Å²) in [6, 6.07) is 10.1. The third-order valence-corrected chi connectivity index (χ3v) is 5.70. The monoisotopic (exact) mass is 480 g/mol. The van der Waals surface area contributed by atoms with E-state index in [2.05, 4.69) is 5.16 Å². The van der Waals surface area contributed by atoms with Crippen LogP contribution in [0.1, 0.15) is 22.9 Å². The van der Waals surface area contributed by atoms with Gasteiger partial charge in [-0.3, -0.25) is 14.5 Å². The Labute approximate surface area is 201 Å². The molecule has 35 heavy (non-hydrogen) atoms. The number of methoxy groups -OCH3 is 4. The van der Waals surface area contributed by atoms with Gasteiger partial charge in [-0.05, 0) is 43.3 Å². The van der Waals surface area contributed by atoms with Crippen molar-refractivity contribution in [2.45, 2.75) is 13.0 Å². The Morgan fingerprint density at radius 3 is 2.20 bits per heavy atom. The van der Waals surface area contributed by atoms with Gasteiger partial charge >= 0.3 is 5.91 Å².